The van der Waals surface area contributed by atoms with Crippen molar-refractivity contribution in [2.75, 3.05) is 6.61 Å². The SMILES string of the molecule is CCOC(C)c1noc(-c2ccccc2O)n1. The number of benzene rings is 1. The maximum atomic E-state index is 9.66. The van der Waals surface area contributed by atoms with E-state index in [0.29, 0.717) is 23.9 Å². The molecule has 0 amide bonds. The highest BCUT2D eigenvalue weighted by Crippen LogP contribution is 2.28. The summed E-state index contributed by atoms with van der Waals surface area (Å²) in [6, 6.07) is 6.83. The normalized spacial score (nSPS) is 12.6. The van der Waals surface area contributed by atoms with Crippen LogP contribution in [-0.4, -0.2) is 21.9 Å². The lowest BCUT2D eigenvalue weighted by atomic mass is 10.2. The quantitative estimate of drug-likeness (QED) is 0.880. The number of hydrogen-bond donors (Lipinski definition) is 1. The van der Waals surface area contributed by atoms with Gasteiger partial charge in [-0.25, -0.2) is 0 Å². The highest BCUT2D eigenvalue weighted by atomic mass is 16.5. The van der Waals surface area contributed by atoms with Crippen molar-refractivity contribution in [1.82, 2.24) is 10.1 Å². The Morgan fingerprint density at radius 3 is 2.88 bits per heavy atom. The van der Waals surface area contributed by atoms with E-state index in [1.165, 1.54) is 0 Å². The summed E-state index contributed by atoms with van der Waals surface area (Å²) in [4.78, 5) is 4.20. The van der Waals surface area contributed by atoms with E-state index in [2.05, 4.69) is 10.1 Å². The van der Waals surface area contributed by atoms with Gasteiger partial charge >= 0.3 is 0 Å². The Morgan fingerprint density at radius 2 is 2.18 bits per heavy atom. The van der Waals surface area contributed by atoms with Gasteiger partial charge < -0.3 is 14.4 Å². The second-order valence-corrected chi connectivity index (χ2v) is 3.57. The van der Waals surface area contributed by atoms with Crippen LogP contribution >= 0.6 is 0 Å². The van der Waals surface area contributed by atoms with Crippen molar-refractivity contribution < 1.29 is 14.4 Å². The van der Waals surface area contributed by atoms with Crippen molar-refractivity contribution in [3.8, 4) is 17.2 Å². The molecule has 1 aromatic heterocycles. The van der Waals surface area contributed by atoms with Crippen molar-refractivity contribution in [2.24, 2.45) is 0 Å². The minimum Gasteiger partial charge on any atom is -0.507 e. The number of phenolic OH excluding ortho intramolecular Hbond substituents is 1. The fraction of sp³-hybridized carbons (Fsp3) is 0.333. The molecular weight excluding hydrogens is 220 g/mol. The third-order valence-electron chi connectivity index (χ3n) is 2.36. The first-order valence-electron chi connectivity index (χ1n) is 5.46. The fourth-order valence-corrected chi connectivity index (χ4v) is 1.49. The van der Waals surface area contributed by atoms with Crippen LogP contribution in [0.15, 0.2) is 28.8 Å². The molecule has 0 aliphatic heterocycles. The lowest BCUT2D eigenvalue weighted by Gasteiger charge is -2.04. The van der Waals surface area contributed by atoms with Crippen molar-refractivity contribution in [3.05, 3.63) is 30.1 Å². The summed E-state index contributed by atoms with van der Waals surface area (Å²) >= 11 is 0. The van der Waals surface area contributed by atoms with Gasteiger partial charge in [-0.3, -0.25) is 0 Å². The highest BCUT2D eigenvalue weighted by molar-refractivity contribution is 5.61. The number of nitrogens with zero attached hydrogens (tertiary/aromatic N) is 2. The van der Waals surface area contributed by atoms with Crippen LogP contribution < -0.4 is 0 Å². The Balaban J connectivity index is 2.27. The van der Waals surface area contributed by atoms with E-state index >= 15 is 0 Å². The number of aromatic nitrogens is 2. The smallest absolute Gasteiger partial charge is 0.261 e. The molecule has 1 atom stereocenters. The molecule has 1 unspecified atom stereocenters. The van der Waals surface area contributed by atoms with Gasteiger partial charge in [0.15, 0.2) is 0 Å². The van der Waals surface area contributed by atoms with Crippen LogP contribution in [0.2, 0.25) is 0 Å². The van der Waals surface area contributed by atoms with Crippen LogP contribution in [0.4, 0.5) is 0 Å². The molecule has 1 heterocycles. The lowest BCUT2D eigenvalue weighted by molar-refractivity contribution is 0.0683. The first kappa shape index (κ1) is 11.6. The summed E-state index contributed by atoms with van der Waals surface area (Å²) in [6.07, 6.45) is -0.219. The molecule has 2 rings (SSSR count). The Bertz CT molecular complexity index is 496. The zero-order chi connectivity index (χ0) is 12.3. The number of ether oxygens (including phenoxy) is 1. The minimum absolute atomic E-state index is 0.117. The van der Waals surface area contributed by atoms with Gasteiger partial charge in [-0.1, -0.05) is 17.3 Å². The number of hydrogen-bond acceptors (Lipinski definition) is 5. The number of para-hydroxylation sites is 1. The van der Waals surface area contributed by atoms with Crippen molar-refractivity contribution in [1.29, 1.82) is 0 Å². The van der Waals surface area contributed by atoms with Gasteiger partial charge in [0.05, 0.1) is 5.56 Å². The maximum absolute atomic E-state index is 9.66. The number of rotatable bonds is 4. The summed E-state index contributed by atoms with van der Waals surface area (Å²) in [5.41, 5.74) is 0.523. The van der Waals surface area contributed by atoms with Crippen molar-refractivity contribution in [3.63, 3.8) is 0 Å². The largest absolute Gasteiger partial charge is 0.507 e. The van der Waals surface area contributed by atoms with E-state index in [9.17, 15) is 5.11 Å². The second-order valence-electron chi connectivity index (χ2n) is 3.57. The third-order valence-corrected chi connectivity index (χ3v) is 2.36. The van der Waals surface area contributed by atoms with Crippen LogP contribution in [0.5, 0.6) is 5.75 Å². The summed E-state index contributed by atoms with van der Waals surface area (Å²) in [7, 11) is 0. The average molecular weight is 234 g/mol. The van der Waals surface area contributed by atoms with E-state index in [-0.39, 0.29) is 11.9 Å². The van der Waals surface area contributed by atoms with Gasteiger partial charge in [0.25, 0.3) is 5.89 Å². The Labute approximate surface area is 99.0 Å². The topological polar surface area (TPSA) is 68.4 Å². The first-order chi connectivity index (χ1) is 8.22. The van der Waals surface area contributed by atoms with E-state index in [0.717, 1.165) is 0 Å². The van der Waals surface area contributed by atoms with Crippen LogP contribution in [0, 0.1) is 0 Å². The fourth-order valence-electron chi connectivity index (χ4n) is 1.49. The molecule has 0 aliphatic carbocycles. The summed E-state index contributed by atoms with van der Waals surface area (Å²) in [5, 5.41) is 13.5. The van der Waals surface area contributed by atoms with Gasteiger partial charge in [-0.15, -0.1) is 0 Å². The molecule has 5 heteroatoms. The van der Waals surface area contributed by atoms with E-state index < -0.39 is 0 Å². The molecule has 0 fully saturated rings. The monoisotopic (exact) mass is 234 g/mol. The summed E-state index contributed by atoms with van der Waals surface area (Å²) in [5.74, 6) is 0.890. The minimum atomic E-state index is -0.219. The van der Waals surface area contributed by atoms with Gasteiger partial charge in [0.2, 0.25) is 5.82 Å². The molecule has 0 saturated heterocycles. The Kier molecular flexibility index (Phi) is 3.39. The predicted molar refractivity (Wildman–Crippen MR) is 61.4 cm³/mol. The molecular formula is C12H14N2O3. The molecule has 0 radical (unpaired) electrons. The molecule has 0 bridgehead atoms. The van der Waals surface area contributed by atoms with Gasteiger partial charge in [0, 0.05) is 6.61 Å². The number of aromatic hydroxyl groups is 1. The van der Waals surface area contributed by atoms with E-state index in [4.69, 9.17) is 9.26 Å². The third kappa shape index (κ3) is 2.45. The van der Waals surface area contributed by atoms with Gasteiger partial charge in [-0.05, 0) is 26.0 Å². The first-order valence-corrected chi connectivity index (χ1v) is 5.46. The average Bonchev–Trinajstić information content (AvgIpc) is 2.79. The second kappa shape index (κ2) is 4.97. The zero-order valence-corrected chi connectivity index (χ0v) is 9.75. The molecule has 0 saturated carbocycles. The molecule has 1 N–H and O–H groups in total. The Morgan fingerprint density at radius 1 is 1.41 bits per heavy atom. The molecule has 0 aliphatic rings. The molecule has 1 aromatic carbocycles. The zero-order valence-electron chi connectivity index (χ0n) is 9.75. The molecule has 90 valence electrons. The van der Waals surface area contributed by atoms with Crippen LogP contribution in [0.25, 0.3) is 11.5 Å². The summed E-state index contributed by atoms with van der Waals surface area (Å²) < 4.78 is 10.5. The van der Waals surface area contributed by atoms with Gasteiger partial charge in [-0.2, -0.15) is 4.98 Å². The van der Waals surface area contributed by atoms with Crippen LogP contribution in [-0.2, 0) is 4.74 Å². The molecule has 17 heavy (non-hydrogen) atoms. The van der Waals surface area contributed by atoms with Crippen molar-refractivity contribution in [2.45, 2.75) is 20.0 Å². The van der Waals surface area contributed by atoms with Crippen LogP contribution in [0.3, 0.4) is 0 Å². The lowest BCUT2D eigenvalue weighted by Crippen LogP contribution is -2.01. The van der Waals surface area contributed by atoms with E-state index in [1.54, 1.807) is 24.3 Å². The number of phenols is 1. The standard InChI is InChI=1S/C12H14N2O3/c1-3-16-8(2)11-13-12(17-14-11)9-6-4-5-7-10(9)15/h4-8,15H,3H2,1-2H3. The van der Waals surface area contributed by atoms with Crippen LogP contribution in [0.1, 0.15) is 25.8 Å². The molecule has 0 spiro atoms. The van der Waals surface area contributed by atoms with Crippen molar-refractivity contribution >= 4 is 0 Å². The van der Waals surface area contributed by atoms with Gasteiger partial charge in [0.1, 0.15) is 11.9 Å². The Hall–Kier alpha value is -1.88. The van der Waals surface area contributed by atoms with E-state index in [1.807, 2.05) is 13.8 Å². The maximum Gasteiger partial charge on any atom is 0.261 e. The molecule has 5 nitrogen and oxygen atoms in total. The predicted octanol–water partition coefficient (Wildman–Crippen LogP) is 2.54. The highest BCUT2D eigenvalue weighted by Gasteiger charge is 2.16. The summed E-state index contributed by atoms with van der Waals surface area (Å²) in [6.45, 7) is 4.34. The molecule has 2 aromatic rings.